The number of nitrogens with one attached hydrogen (secondary N) is 1. The van der Waals surface area contributed by atoms with Gasteiger partial charge in [-0.2, -0.15) is 0 Å². The molecule has 0 bridgehead atoms. The Labute approximate surface area is 88.9 Å². The van der Waals surface area contributed by atoms with Crippen molar-refractivity contribution in [3.05, 3.63) is 12.2 Å². The van der Waals surface area contributed by atoms with Crippen molar-refractivity contribution in [1.29, 1.82) is 0 Å². The molecule has 2 N–H and O–H groups in total. The van der Waals surface area contributed by atoms with Gasteiger partial charge in [0.15, 0.2) is 0 Å². The van der Waals surface area contributed by atoms with E-state index in [9.17, 15) is 4.79 Å². The lowest BCUT2D eigenvalue weighted by molar-refractivity contribution is -0.119. The first-order valence-corrected chi connectivity index (χ1v) is 5.23. The van der Waals surface area contributed by atoms with Crippen molar-refractivity contribution in [1.82, 2.24) is 5.32 Å². The van der Waals surface area contributed by atoms with E-state index in [0.29, 0.717) is 12.2 Å². The molecule has 0 aliphatic carbocycles. The Morgan fingerprint density at radius 2 is 2.36 bits per heavy atom. The van der Waals surface area contributed by atoms with E-state index in [1.165, 1.54) is 0 Å². The molecule has 0 fully saturated rings. The molecule has 14 heavy (non-hydrogen) atoms. The third kappa shape index (κ3) is 6.94. The highest BCUT2D eigenvalue weighted by Crippen LogP contribution is 2.08. The van der Waals surface area contributed by atoms with Gasteiger partial charge in [0.05, 0.1) is 6.61 Å². The van der Waals surface area contributed by atoms with Crippen molar-refractivity contribution in [3.63, 3.8) is 0 Å². The van der Waals surface area contributed by atoms with Gasteiger partial charge in [-0.1, -0.05) is 13.5 Å². The molecule has 4 nitrogen and oxygen atoms in total. The fourth-order valence-corrected chi connectivity index (χ4v) is 0.843. The fourth-order valence-electron chi connectivity index (χ4n) is 0.642. The maximum absolute atomic E-state index is 11.0. The highest BCUT2D eigenvalue weighted by Gasteiger charge is 2.02. The van der Waals surface area contributed by atoms with Crippen molar-refractivity contribution < 1.29 is 14.1 Å². The standard InChI is InChI=1S/C9H17NO3S/c1-7(2)9(11)10-6-13-5-4-8(3)14-12/h8,12H,1,4-6H2,2-3H3,(H,10,11). The molecule has 0 heterocycles. The molecule has 0 aromatic rings. The number of carbonyl (C=O) groups excluding carboxylic acids is 1. The molecule has 0 aliphatic heterocycles. The molecule has 1 amide bonds. The summed E-state index contributed by atoms with van der Waals surface area (Å²) in [6.07, 6.45) is 0.754. The number of carbonyl (C=O) groups is 1. The van der Waals surface area contributed by atoms with Gasteiger partial charge in [-0.25, -0.2) is 0 Å². The number of ether oxygens (including phenoxy) is 1. The van der Waals surface area contributed by atoms with E-state index in [1.807, 2.05) is 6.92 Å². The summed E-state index contributed by atoms with van der Waals surface area (Å²) in [5, 5.41) is 2.70. The molecule has 0 spiro atoms. The summed E-state index contributed by atoms with van der Waals surface area (Å²) in [6, 6.07) is 0. The second-order valence-electron chi connectivity index (χ2n) is 3.04. The van der Waals surface area contributed by atoms with Gasteiger partial charge in [-0.05, 0) is 25.4 Å². The maximum atomic E-state index is 11.0. The highest BCUT2D eigenvalue weighted by atomic mass is 32.2. The van der Waals surface area contributed by atoms with Gasteiger partial charge in [-0.15, -0.1) is 0 Å². The third-order valence-electron chi connectivity index (χ3n) is 1.57. The van der Waals surface area contributed by atoms with Crippen LogP contribution in [0.3, 0.4) is 0 Å². The van der Waals surface area contributed by atoms with Gasteiger partial charge >= 0.3 is 0 Å². The lowest BCUT2D eigenvalue weighted by Crippen LogP contribution is -2.26. The average Bonchev–Trinajstić information content (AvgIpc) is 2.16. The summed E-state index contributed by atoms with van der Waals surface area (Å²) in [6.45, 7) is 7.74. The van der Waals surface area contributed by atoms with Crippen LogP contribution in [0.2, 0.25) is 0 Å². The van der Waals surface area contributed by atoms with Crippen LogP contribution in [0, 0.1) is 0 Å². The Morgan fingerprint density at radius 3 is 2.86 bits per heavy atom. The second kappa shape index (κ2) is 7.84. The summed E-state index contributed by atoms with van der Waals surface area (Å²) in [7, 11) is 0. The Morgan fingerprint density at radius 1 is 1.71 bits per heavy atom. The van der Waals surface area contributed by atoms with E-state index in [1.54, 1.807) is 6.92 Å². The molecule has 0 saturated heterocycles. The van der Waals surface area contributed by atoms with Gasteiger partial charge in [0.1, 0.15) is 6.73 Å². The molecular formula is C9H17NO3S. The van der Waals surface area contributed by atoms with Gasteiger partial charge in [-0.3, -0.25) is 4.79 Å². The zero-order chi connectivity index (χ0) is 11.0. The first kappa shape index (κ1) is 13.5. The van der Waals surface area contributed by atoms with Crippen LogP contribution in [0.5, 0.6) is 0 Å². The Kier molecular flexibility index (Phi) is 7.55. The predicted molar refractivity (Wildman–Crippen MR) is 58.1 cm³/mol. The molecule has 82 valence electrons. The molecule has 0 rings (SSSR count). The van der Waals surface area contributed by atoms with Crippen molar-refractivity contribution in [2.75, 3.05) is 13.3 Å². The molecule has 0 aromatic heterocycles. The average molecular weight is 219 g/mol. The SMILES string of the molecule is C=C(C)C(=O)NCOCCC(C)SO. The lowest BCUT2D eigenvalue weighted by Gasteiger charge is -2.08. The number of rotatable bonds is 7. The van der Waals surface area contributed by atoms with Crippen LogP contribution in [0.4, 0.5) is 0 Å². The summed E-state index contributed by atoms with van der Waals surface area (Å²) in [4.78, 5) is 11.0. The zero-order valence-electron chi connectivity index (χ0n) is 8.58. The van der Waals surface area contributed by atoms with Gasteiger partial charge in [0, 0.05) is 10.8 Å². The minimum atomic E-state index is -0.199. The smallest absolute Gasteiger partial charge is 0.248 e. The normalized spacial score (nSPS) is 12.2. The monoisotopic (exact) mass is 219 g/mol. The van der Waals surface area contributed by atoms with Crippen LogP contribution in [-0.2, 0) is 9.53 Å². The Hall–Kier alpha value is -0.520. The first-order valence-electron chi connectivity index (χ1n) is 4.39. The summed E-state index contributed by atoms with van der Waals surface area (Å²) >= 11 is 0.813. The third-order valence-corrected chi connectivity index (χ3v) is 2.17. The highest BCUT2D eigenvalue weighted by molar-refractivity contribution is 7.94. The molecule has 0 saturated carbocycles. The van der Waals surface area contributed by atoms with Crippen molar-refractivity contribution in [2.45, 2.75) is 25.5 Å². The van der Waals surface area contributed by atoms with E-state index >= 15 is 0 Å². The lowest BCUT2D eigenvalue weighted by atomic mass is 10.3. The summed E-state index contributed by atoms with van der Waals surface area (Å²) in [5.74, 6) is -0.199. The van der Waals surface area contributed by atoms with Crippen LogP contribution >= 0.6 is 12.0 Å². The number of hydrogen-bond acceptors (Lipinski definition) is 4. The topological polar surface area (TPSA) is 58.6 Å². The van der Waals surface area contributed by atoms with Gasteiger partial charge < -0.3 is 14.6 Å². The molecule has 0 radical (unpaired) electrons. The van der Waals surface area contributed by atoms with Gasteiger partial charge in [0.2, 0.25) is 5.91 Å². The Bertz CT molecular complexity index is 196. The maximum Gasteiger partial charge on any atom is 0.248 e. The van der Waals surface area contributed by atoms with Crippen LogP contribution in [0.1, 0.15) is 20.3 Å². The Balaban J connectivity index is 3.30. The van der Waals surface area contributed by atoms with Crippen LogP contribution in [0.15, 0.2) is 12.2 Å². The molecule has 1 unspecified atom stereocenters. The van der Waals surface area contributed by atoms with Gasteiger partial charge in [0.25, 0.3) is 0 Å². The van der Waals surface area contributed by atoms with E-state index in [4.69, 9.17) is 9.29 Å². The summed E-state index contributed by atoms with van der Waals surface area (Å²) in [5.41, 5.74) is 0.466. The van der Waals surface area contributed by atoms with E-state index in [-0.39, 0.29) is 17.9 Å². The predicted octanol–water partition coefficient (Wildman–Crippen LogP) is 1.64. The molecule has 0 aliphatic rings. The minimum Gasteiger partial charge on any atom is -0.361 e. The van der Waals surface area contributed by atoms with E-state index in [0.717, 1.165) is 18.5 Å². The zero-order valence-corrected chi connectivity index (χ0v) is 9.39. The molecular weight excluding hydrogens is 202 g/mol. The van der Waals surface area contributed by atoms with Crippen LogP contribution in [-0.4, -0.2) is 29.0 Å². The van der Waals surface area contributed by atoms with Crippen LogP contribution < -0.4 is 5.32 Å². The fraction of sp³-hybridized carbons (Fsp3) is 0.667. The van der Waals surface area contributed by atoms with E-state index < -0.39 is 0 Å². The molecule has 0 aromatic carbocycles. The molecule has 1 atom stereocenters. The van der Waals surface area contributed by atoms with Crippen molar-refractivity contribution in [3.8, 4) is 0 Å². The van der Waals surface area contributed by atoms with Crippen molar-refractivity contribution >= 4 is 17.9 Å². The minimum absolute atomic E-state index is 0.159. The quantitative estimate of drug-likeness (QED) is 0.296. The largest absolute Gasteiger partial charge is 0.361 e. The van der Waals surface area contributed by atoms with Crippen molar-refractivity contribution in [2.24, 2.45) is 0 Å². The van der Waals surface area contributed by atoms with E-state index in [2.05, 4.69) is 11.9 Å². The first-order chi connectivity index (χ1) is 6.57. The molecule has 5 heteroatoms. The van der Waals surface area contributed by atoms with Crippen LogP contribution in [0.25, 0.3) is 0 Å². The summed E-state index contributed by atoms with van der Waals surface area (Å²) < 4.78 is 13.8. The number of hydrogen-bond donors (Lipinski definition) is 2. The number of amides is 1. The second-order valence-corrected chi connectivity index (χ2v) is 4.06.